The molecular formula is C99H110ClF3N16O8. The topological polar surface area (TPSA) is 269 Å². The molecule has 10 heterocycles. The van der Waals surface area contributed by atoms with Crippen LogP contribution in [0.5, 0.6) is 11.5 Å². The number of fused-ring (bicyclic) bond motifs is 2. The summed E-state index contributed by atoms with van der Waals surface area (Å²) in [7, 11) is 0. The first-order valence-electron chi connectivity index (χ1n) is 43.9. The van der Waals surface area contributed by atoms with Gasteiger partial charge in [-0.25, -0.2) is 42.7 Å². The number of aliphatic hydroxyl groups excluding tert-OH is 1. The zero-order valence-electron chi connectivity index (χ0n) is 72.8. The molecule has 6 aliphatic heterocycles. The van der Waals surface area contributed by atoms with E-state index in [1.807, 2.05) is 55.5 Å². The van der Waals surface area contributed by atoms with Crippen molar-refractivity contribution in [2.45, 2.75) is 118 Å². The Morgan fingerprint density at radius 1 is 0.606 bits per heavy atom. The fourth-order valence-electron chi connectivity index (χ4n) is 18.3. The molecule has 7 N–H and O–H groups in total. The second kappa shape index (κ2) is 38.4. The average molecular weight is 1740 g/mol. The van der Waals surface area contributed by atoms with Crippen LogP contribution in [0.3, 0.4) is 0 Å². The van der Waals surface area contributed by atoms with Crippen molar-refractivity contribution in [3.8, 4) is 56.5 Å². The van der Waals surface area contributed by atoms with E-state index in [9.17, 15) is 29.4 Å². The predicted octanol–water partition coefficient (Wildman–Crippen LogP) is 17.0. The molecule has 17 rings (SSSR count). The van der Waals surface area contributed by atoms with Gasteiger partial charge in [0.05, 0.1) is 45.8 Å². The van der Waals surface area contributed by atoms with Gasteiger partial charge in [-0.15, -0.1) is 0 Å². The molecular weight excluding hydrogens is 1630 g/mol. The highest BCUT2D eigenvalue weighted by Crippen LogP contribution is 2.44. The second-order valence-corrected chi connectivity index (χ2v) is 36.1. The van der Waals surface area contributed by atoms with Crippen LogP contribution in [0.1, 0.15) is 116 Å². The SMILES string of the molecule is C=C1CCN(c2ccc(OCCN3CCC4(CC3)CCN(Cc3ccc(-c5cc6c(-c7cc(F)cc(NC(=O)c8ccc(C(C)(C)O)cc8F)c7C)ncnc6[nH]5)cc3)CC4)cc2Cl)C(=O)N1.C=C1CCN(c2ccc(OCCN3CCN(Cc4ccc(-c5cc6c(-c7cc(F)cc(CC(=O)N8C[C@H](CC(C)C)[C@@H](O)C8)c7C)ncnc6[nH]5)cc4)CC3)cc2)C(=O)N1. The van der Waals surface area contributed by atoms with Gasteiger partial charge in [0.25, 0.3) is 5.91 Å². The summed E-state index contributed by atoms with van der Waals surface area (Å²) in [6, 6.07) is 43.3. The predicted molar refractivity (Wildman–Crippen MR) is 490 cm³/mol. The Morgan fingerprint density at radius 3 is 1.68 bits per heavy atom. The number of amides is 6. The molecule has 28 heteroatoms. The Bertz CT molecular complexity index is 5890. The first-order chi connectivity index (χ1) is 61.1. The lowest BCUT2D eigenvalue weighted by Crippen LogP contribution is -2.47. The van der Waals surface area contributed by atoms with Gasteiger partial charge in [0.1, 0.15) is 66.1 Å². The Hall–Kier alpha value is -11.8. The van der Waals surface area contributed by atoms with E-state index in [1.54, 1.807) is 27.7 Å². The van der Waals surface area contributed by atoms with Gasteiger partial charge in [0.15, 0.2) is 0 Å². The molecule has 6 fully saturated rings. The van der Waals surface area contributed by atoms with E-state index in [4.69, 9.17) is 21.1 Å². The van der Waals surface area contributed by atoms with E-state index >= 15 is 13.2 Å². The van der Waals surface area contributed by atoms with E-state index in [0.29, 0.717) is 135 Å². The number of H-pyrrole nitrogens is 2. The molecule has 662 valence electrons. The number of nitrogens with zero attached hydrogens (tertiary/aromatic N) is 11. The summed E-state index contributed by atoms with van der Waals surface area (Å²) in [5.41, 5.74) is 13.9. The fourth-order valence-corrected chi connectivity index (χ4v) is 18.6. The third kappa shape index (κ3) is 20.9. The third-order valence-electron chi connectivity index (χ3n) is 25.9. The number of urea groups is 2. The van der Waals surface area contributed by atoms with Gasteiger partial charge in [-0.1, -0.05) is 93.2 Å². The molecule has 24 nitrogen and oxygen atoms in total. The number of nitrogens with one attached hydrogen (secondary N) is 5. The number of benzene rings is 7. The lowest BCUT2D eigenvalue weighted by molar-refractivity contribution is -0.129. The molecule has 0 bridgehead atoms. The summed E-state index contributed by atoms with van der Waals surface area (Å²) >= 11 is 6.57. The standard InChI is InChI=1S/C52H55ClF2N8O4.C47H55FN8O4/c1-32-13-18-63(50(65)58-32)46-12-10-38(28-42(46)53)67-24-23-61-19-14-52(15-20-61)16-21-62(22-17-52)30-34-5-7-35(8-6-34)45-29-41-47(56-31-57-48(41)59-45)40-26-37(54)27-44(33(40)2)60-49(64)39-11-9-36(25-43(39)55)51(3,4)66;1-30(2)21-36-27-55(28-43(36)57)44(58)23-35-22-37(48)24-40(32(35)4)45-41-25-42(52-46(41)50-29-49-45)34-7-5-33(6-8-34)26-54-17-15-53(16-18-54)19-20-60-39-11-9-38(10-12-39)56-14-13-31(3)51-47(56)59/h5-12,25-29,31,66H,1,13-24,30H2,2-4H3,(H,58,65)(H,60,64)(H,56,57,59);5-12,22,24-25,29-30,36,43,57H,3,13-21,23,26-28H2,1-2,4H3,(H,51,59)(H,49,50,52)/t;36-,43-/m.0/s1. The molecule has 0 saturated carbocycles. The number of halogens is 4. The zero-order valence-corrected chi connectivity index (χ0v) is 73.6. The molecule has 4 aromatic heterocycles. The Labute approximate surface area is 743 Å². The number of aromatic amines is 2. The maximum atomic E-state index is 15.2. The maximum absolute atomic E-state index is 15.2. The molecule has 1 spiro atoms. The number of ether oxygens (including phenoxy) is 2. The zero-order chi connectivity index (χ0) is 89.0. The lowest BCUT2D eigenvalue weighted by Gasteiger charge is -2.47. The molecule has 0 unspecified atom stereocenters. The minimum Gasteiger partial charge on any atom is -0.492 e. The van der Waals surface area contributed by atoms with Crippen LogP contribution in [0.25, 0.3) is 67.1 Å². The van der Waals surface area contributed by atoms with Crippen molar-refractivity contribution in [1.82, 2.24) is 65.0 Å². The summed E-state index contributed by atoms with van der Waals surface area (Å²) in [6.45, 7) is 33.4. The minimum absolute atomic E-state index is 0.0542. The number of hydrogen-bond donors (Lipinski definition) is 7. The van der Waals surface area contributed by atoms with E-state index in [-0.39, 0.29) is 41.6 Å². The van der Waals surface area contributed by atoms with Gasteiger partial charge >= 0.3 is 12.1 Å². The molecule has 0 aliphatic carbocycles. The number of carbonyl (C=O) groups excluding carboxylic acids is 4. The van der Waals surface area contributed by atoms with E-state index in [0.717, 1.165) is 148 Å². The molecule has 6 saturated heterocycles. The van der Waals surface area contributed by atoms with Crippen molar-refractivity contribution in [1.29, 1.82) is 0 Å². The van der Waals surface area contributed by atoms with Gasteiger partial charge in [0, 0.05) is 159 Å². The van der Waals surface area contributed by atoms with Crippen molar-refractivity contribution in [2.75, 3.05) is 120 Å². The summed E-state index contributed by atoms with van der Waals surface area (Å²) in [5, 5.41) is 31.0. The number of piperidine rings is 2. The number of anilines is 3. The quantitative estimate of drug-likeness (QED) is 0.0280. The van der Waals surface area contributed by atoms with Crippen LogP contribution >= 0.6 is 11.6 Å². The molecule has 0 radical (unpaired) electrons. The number of likely N-dealkylation sites (tertiary alicyclic amines) is 3. The number of rotatable bonds is 25. The van der Waals surface area contributed by atoms with E-state index < -0.39 is 35.1 Å². The van der Waals surface area contributed by atoms with Gasteiger partial charge in [0.2, 0.25) is 5.91 Å². The molecule has 11 aromatic rings. The average Bonchev–Trinajstić information content (AvgIpc) is 1.62. The smallest absolute Gasteiger partial charge is 0.326 e. The van der Waals surface area contributed by atoms with Crippen molar-refractivity contribution < 1.29 is 52.0 Å². The highest BCUT2D eigenvalue weighted by Gasteiger charge is 2.39. The Balaban J connectivity index is 0.000000188. The Morgan fingerprint density at radius 2 is 1.13 bits per heavy atom. The fraction of sp³-hybridized carbons (Fsp3) is 0.374. The largest absolute Gasteiger partial charge is 0.492 e. The van der Waals surface area contributed by atoms with Crippen LogP contribution in [0.15, 0.2) is 183 Å². The number of carbonyl (C=O) groups is 4. The van der Waals surface area contributed by atoms with Crippen LogP contribution in [-0.4, -0.2) is 199 Å². The van der Waals surface area contributed by atoms with Crippen LogP contribution in [0.4, 0.5) is 39.8 Å². The van der Waals surface area contributed by atoms with Gasteiger partial charge in [-0.05, 0) is 227 Å². The van der Waals surface area contributed by atoms with Gasteiger partial charge in [-0.3, -0.25) is 39.0 Å². The van der Waals surface area contributed by atoms with Crippen LogP contribution in [0.2, 0.25) is 5.02 Å². The first-order valence-corrected chi connectivity index (χ1v) is 44.3. The second-order valence-electron chi connectivity index (χ2n) is 35.6. The van der Waals surface area contributed by atoms with Gasteiger partial charge < -0.3 is 50.5 Å². The first kappa shape index (κ1) is 88.6. The molecule has 7 aromatic carbocycles. The summed E-state index contributed by atoms with van der Waals surface area (Å²) in [5.74, 6) is -0.693. The highest BCUT2D eigenvalue weighted by molar-refractivity contribution is 6.34. The minimum atomic E-state index is -1.28. The van der Waals surface area contributed by atoms with E-state index in [2.05, 4.69) is 141 Å². The number of aliphatic hydroxyl groups is 2. The monoisotopic (exact) mass is 1740 g/mol. The number of hydrogen-bond acceptors (Lipinski definition) is 16. The molecule has 6 amide bonds. The Kier molecular flexibility index (Phi) is 26.8. The van der Waals surface area contributed by atoms with E-state index in [1.165, 1.54) is 99.7 Å². The summed E-state index contributed by atoms with van der Waals surface area (Å²) in [4.78, 5) is 91.3. The molecule has 127 heavy (non-hydrogen) atoms. The third-order valence-corrected chi connectivity index (χ3v) is 26.2. The maximum Gasteiger partial charge on any atom is 0.326 e. The van der Waals surface area contributed by atoms with Crippen LogP contribution in [-0.2, 0) is 29.9 Å². The van der Waals surface area contributed by atoms with Crippen LogP contribution in [0, 0.1) is 48.5 Å². The van der Waals surface area contributed by atoms with Crippen molar-refractivity contribution in [2.24, 2.45) is 17.3 Å². The van der Waals surface area contributed by atoms with Crippen molar-refractivity contribution in [3.63, 3.8) is 0 Å². The molecule has 6 aliphatic rings. The number of piperazine rings is 1. The summed E-state index contributed by atoms with van der Waals surface area (Å²) < 4.78 is 57.6. The highest BCUT2D eigenvalue weighted by atomic mass is 35.5. The van der Waals surface area contributed by atoms with Crippen molar-refractivity contribution >= 4 is 74.6 Å². The number of β-amino-alcohol motifs (C(OH)–C–C–N with tert-alkyl or cyclic N) is 1. The van der Waals surface area contributed by atoms with Crippen molar-refractivity contribution in [3.05, 3.63) is 244 Å². The van der Waals surface area contributed by atoms with Gasteiger partial charge in [-0.2, -0.15) is 0 Å². The molecule has 2 atom stereocenters. The van der Waals surface area contributed by atoms with Crippen LogP contribution < -0.4 is 35.2 Å². The normalized spacial score (nSPS) is 18.0. The summed E-state index contributed by atoms with van der Waals surface area (Å²) in [6.07, 6.45) is 9.45. The number of aromatic nitrogens is 6. The lowest BCUT2D eigenvalue weighted by atomic mass is 9.71.